The van der Waals surface area contributed by atoms with E-state index in [1.807, 2.05) is 0 Å². The van der Waals surface area contributed by atoms with Gasteiger partial charge in [-0.25, -0.2) is 0 Å². The number of hydrogen-bond acceptors (Lipinski definition) is 3. The maximum absolute atomic E-state index is 7.28. The molecule has 4 heteroatoms. The molecule has 0 aromatic heterocycles. The van der Waals surface area contributed by atoms with Gasteiger partial charge in [-0.1, -0.05) is 179 Å². The van der Waals surface area contributed by atoms with Crippen LogP contribution in [-0.2, 0) is 32.5 Å². The Balaban J connectivity index is 1.57. The Morgan fingerprint density at radius 2 is 0.650 bits per heavy atom. The largest absolute Gasteiger partial charge is 0.530 e. The van der Waals surface area contributed by atoms with Crippen LogP contribution in [0.3, 0.4) is 0 Å². The molecule has 60 heavy (non-hydrogen) atoms. The summed E-state index contributed by atoms with van der Waals surface area (Å²) in [7, 11) is -2.03. The molecule has 0 heterocycles. The minimum Gasteiger partial charge on any atom is -0.408 e. The second-order valence-electron chi connectivity index (χ2n) is 22.7. The topological polar surface area (TPSA) is 27.7 Å². The van der Waals surface area contributed by atoms with E-state index in [-0.39, 0.29) is 32.5 Å². The van der Waals surface area contributed by atoms with Crippen molar-refractivity contribution in [2.24, 2.45) is 0 Å². The predicted octanol–water partition coefficient (Wildman–Crippen LogP) is 17.5. The van der Waals surface area contributed by atoms with Gasteiger partial charge in [-0.2, -0.15) is 0 Å². The van der Waals surface area contributed by atoms with Gasteiger partial charge in [-0.3, -0.25) is 0 Å². The third kappa shape index (κ3) is 9.68. The Morgan fingerprint density at radius 1 is 0.333 bits per heavy atom. The molecule has 3 nitrogen and oxygen atoms in total. The predicted molar refractivity (Wildman–Crippen MR) is 262 cm³/mol. The van der Waals surface area contributed by atoms with E-state index in [9.17, 15) is 0 Å². The van der Waals surface area contributed by atoms with E-state index in [4.69, 9.17) is 13.6 Å². The van der Waals surface area contributed by atoms with Crippen LogP contribution in [0, 0.1) is 0 Å². The lowest BCUT2D eigenvalue weighted by Crippen LogP contribution is -2.19. The van der Waals surface area contributed by atoms with E-state index in [1.165, 1.54) is 32.8 Å². The number of hydrogen-bond donors (Lipinski definition) is 0. The summed E-state index contributed by atoms with van der Waals surface area (Å²) in [5.41, 5.74) is 6.91. The maximum Gasteiger partial charge on any atom is 0.530 e. The lowest BCUT2D eigenvalue weighted by Gasteiger charge is -2.30. The Bertz CT molecular complexity index is 2410. The molecule has 0 fully saturated rings. The highest BCUT2D eigenvalue weighted by Gasteiger charge is 2.33. The van der Waals surface area contributed by atoms with E-state index in [0.717, 1.165) is 62.9 Å². The highest BCUT2D eigenvalue weighted by atomic mass is 31.2. The third-order valence-electron chi connectivity index (χ3n) is 13.0. The van der Waals surface area contributed by atoms with Crippen LogP contribution < -0.4 is 13.6 Å². The molecule has 320 valence electrons. The Morgan fingerprint density at radius 3 is 0.983 bits per heavy atom. The Labute approximate surface area is 364 Å². The summed E-state index contributed by atoms with van der Waals surface area (Å²) in [5.74, 6) is 2.35. The van der Waals surface area contributed by atoms with Crippen molar-refractivity contribution in [1.29, 1.82) is 0 Å². The minimum atomic E-state index is -2.03. The molecule has 0 aliphatic rings. The number of rotatable bonds is 10. The zero-order valence-electron chi connectivity index (χ0n) is 40.2. The van der Waals surface area contributed by atoms with E-state index in [0.29, 0.717) is 0 Å². The van der Waals surface area contributed by atoms with Crippen LogP contribution in [0.5, 0.6) is 17.2 Å². The Hall–Kier alpha value is -4.07. The fraction of sp³-hybridized carbons (Fsp3) is 0.464. The molecule has 0 N–H and O–H groups in total. The van der Waals surface area contributed by atoms with Crippen LogP contribution in [0.25, 0.3) is 32.3 Å². The Kier molecular flexibility index (Phi) is 12.1. The van der Waals surface area contributed by atoms with Crippen LogP contribution >= 0.6 is 8.60 Å². The zero-order valence-corrected chi connectivity index (χ0v) is 41.1. The van der Waals surface area contributed by atoms with Crippen molar-refractivity contribution in [2.45, 2.75) is 170 Å². The SMILES string of the molecule is CCC(C)(C)c1ccc2cc(OP(Oc3cc4ccc(C(C)(C)C)cc4cc3C(C)(C)C)Oc3cc4ccc(C(C)(C)C)cc4cc3C(C)(C)C)c(C(C)(C)CC)cc2c1. The van der Waals surface area contributed by atoms with E-state index in [1.54, 1.807) is 0 Å². The first-order valence-electron chi connectivity index (χ1n) is 22.2. The van der Waals surface area contributed by atoms with Gasteiger partial charge in [0.05, 0.1) is 0 Å². The molecule has 0 amide bonds. The van der Waals surface area contributed by atoms with Crippen molar-refractivity contribution >= 4 is 40.9 Å². The number of benzene rings is 6. The molecule has 6 aromatic carbocycles. The van der Waals surface area contributed by atoms with Gasteiger partial charge in [0, 0.05) is 16.7 Å². The molecule has 0 spiro atoms. The van der Waals surface area contributed by atoms with Crippen LogP contribution in [-0.4, -0.2) is 0 Å². The van der Waals surface area contributed by atoms with Gasteiger partial charge in [0.1, 0.15) is 17.2 Å². The average Bonchev–Trinajstić information content (AvgIpc) is 3.14. The van der Waals surface area contributed by atoms with Gasteiger partial charge in [0.2, 0.25) is 0 Å². The molecule has 0 saturated carbocycles. The lowest BCUT2D eigenvalue weighted by atomic mass is 9.79. The van der Waals surface area contributed by atoms with Crippen LogP contribution in [0.1, 0.15) is 171 Å². The van der Waals surface area contributed by atoms with Crippen molar-refractivity contribution in [2.75, 3.05) is 0 Å². The molecule has 6 aromatic rings. The molecule has 0 atom stereocenters. The number of fused-ring (bicyclic) bond motifs is 3. The van der Waals surface area contributed by atoms with Gasteiger partial charge in [-0.05, 0) is 131 Å². The summed E-state index contributed by atoms with van der Waals surface area (Å²) < 4.78 is 21.8. The second-order valence-corrected chi connectivity index (χ2v) is 23.7. The molecule has 0 aliphatic heterocycles. The van der Waals surface area contributed by atoms with Gasteiger partial charge >= 0.3 is 8.60 Å². The summed E-state index contributed by atoms with van der Waals surface area (Å²) in [5, 5.41) is 7.02. The summed E-state index contributed by atoms with van der Waals surface area (Å²) in [6, 6.07) is 34.1. The van der Waals surface area contributed by atoms with Gasteiger partial charge < -0.3 is 13.6 Å². The smallest absolute Gasteiger partial charge is 0.408 e. The highest BCUT2D eigenvalue weighted by Crippen LogP contribution is 2.51. The fourth-order valence-electron chi connectivity index (χ4n) is 7.80. The standard InChI is InChI=1S/C56H73O3P/c1-19-55(15,16)44-26-23-38-35-50(47(32-41(38)29-44)56(17,18)20-2)59-60(57-48-33-36-21-24-42(51(3,4)5)27-39(36)30-45(48)53(9,10)11)58-49-34-37-22-25-43(52(6,7)8)28-40(37)31-46(49)54(12,13)14/h21-35H,19-20H2,1-18H3. The first-order chi connectivity index (χ1) is 27.6. The molecular weight excluding hydrogens is 752 g/mol. The first-order valence-corrected chi connectivity index (χ1v) is 23.3. The van der Waals surface area contributed by atoms with Gasteiger partial charge in [-0.15, -0.1) is 0 Å². The van der Waals surface area contributed by atoms with Crippen molar-refractivity contribution in [3.63, 3.8) is 0 Å². The molecule has 6 rings (SSSR count). The van der Waals surface area contributed by atoms with Crippen molar-refractivity contribution in [3.05, 3.63) is 124 Å². The third-order valence-corrected chi connectivity index (χ3v) is 14.0. The van der Waals surface area contributed by atoms with Crippen LogP contribution in [0.4, 0.5) is 0 Å². The summed E-state index contributed by atoms with van der Waals surface area (Å²) in [4.78, 5) is 0. The quantitative estimate of drug-likeness (QED) is 0.129. The molecule has 0 aliphatic carbocycles. The van der Waals surface area contributed by atoms with E-state index >= 15 is 0 Å². The highest BCUT2D eigenvalue weighted by molar-refractivity contribution is 7.43. The van der Waals surface area contributed by atoms with Crippen molar-refractivity contribution < 1.29 is 13.6 Å². The minimum absolute atomic E-state index is 0.0395. The maximum atomic E-state index is 7.28. The van der Waals surface area contributed by atoms with Gasteiger partial charge in [0.15, 0.2) is 0 Å². The average molecular weight is 825 g/mol. The van der Waals surface area contributed by atoms with Crippen LogP contribution in [0.2, 0.25) is 0 Å². The summed E-state index contributed by atoms with van der Waals surface area (Å²) in [6.45, 7) is 40.9. The van der Waals surface area contributed by atoms with Crippen molar-refractivity contribution in [3.8, 4) is 17.2 Å². The van der Waals surface area contributed by atoms with E-state index in [2.05, 4.69) is 216 Å². The summed E-state index contributed by atoms with van der Waals surface area (Å²) >= 11 is 0. The molecule has 0 radical (unpaired) electrons. The molecule has 0 unspecified atom stereocenters. The molecule has 0 saturated heterocycles. The fourth-order valence-corrected chi connectivity index (χ4v) is 8.85. The van der Waals surface area contributed by atoms with E-state index < -0.39 is 8.60 Å². The summed E-state index contributed by atoms with van der Waals surface area (Å²) in [6.07, 6.45) is 2.01. The van der Waals surface area contributed by atoms with Crippen molar-refractivity contribution in [1.82, 2.24) is 0 Å². The zero-order chi connectivity index (χ0) is 44.4. The van der Waals surface area contributed by atoms with Gasteiger partial charge in [0.25, 0.3) is 0 Å². The lowest BCUT2D eigenvalue weighted by molar-refractivity contribution is 0.371. The second kappa shape index (κ2) is 16.0. The molecular formula is C56H73O3P. The molecule has 0 bridgehead atoms. The normalized spacial score (nSPS) is 13.4. The van der Waals surface area contributed by atoms with Crippen LogP contribution in [0.15, 0.2) is 91.0 Å². The monoisotopic (exact) mass is 825 g/mol. The first kappa shape index (κ1) is 45.5.